The Morgan fingerprint density at radius 3 is 2.31 bits per heavy atom. The number of nitrogens with zero attached hydrogens (tertiary/aromatic N) is 2. The highest BCUT2D eigenvalue weighted by atomic mass is 19.4. The fourth-order valence-electron chi connectivity index (χ4n) is 3.64. The van der Waals surface area contributed by atoms with E-state index in [0.717, 1.165) is 4.68 Å². The third-order valence-corrected chi connectivity index (χ3v) is 5.15. The number of halogens is 5. The zero-order valence-electron chi connectivity index (χ0n) is 16.6. The first-order valence-corrected chi connectivity index (χ1v) is 9.55. The molecule has 10 heteroatoms. The first-order valence-electron chi connectivity index (χ1n) is 9.55. The average molecular weight is 452 g/mol. The third-order valence-electron chi connectivity index (χ3n) is 5.15. The molecule has 168 valence electrons. The van der Waals surface area contributed by atoms with Crippen molar-refractivity contribution in [3.05, 3.63) is 82.7 Å². The summed E-state index contributed by atoms with van der Waals surface area (Å²) in [5.74, 6) is -0.537. The summed E-state index contributed by atoms with van der Waals surface area (Å²) in [5.41, 5.74) is -2.36. The minimum atomic E-state index is -5.00. The molecule has 0 saturated heterocycles. The molecule has 2 aromatic carbocycles. The number of aromatic nitrogens is 2. The lowest BCUT2D eigenvalue weighted by Crippen LogP contribution is -2.22. The number of ether oxygens (including phenoxy) is 2. The van der Waals surface area contributed by atoms with E-state index in [1.54, 1.807) is 30.3 Å². The second-order valence-corrected chi connectivity index (χ2v) is 7.19. The molecule has 0 amide bonds. The van der Waals surface area contributed by atoms with Crippen molar-refractivity contribution in [3.8, 4) is 5.75 Å². The highest BCUT2D eigenvalue weighted by Crippen LogP contribution is 2.50. The van der Waals surface area contributed by atoms with Crippen LogP contribution in [0.5, 0.6) is 5.75 Å². The molecule has 0 radical (unpaired) electrons. The number of hydrogen-bond acceptors (Lipinski definition) is 4. The molecule has 1 heterocycles. The number of fused-ring (bicyclic) bond motifs is 1. The Bertz CT molecular complexity index is 1110. The van der Waals surface area contributed by atoms with Crippen molar-refractivity contribution in [2.75, 3.05) is 7.11 Å². The summed E-state index contributed by atoms with van der Waals surface area (Å²) >= 11 is 0. The topological polar surface area (TPSA) is 53.4 Å². The lowest BCUT2D eigenvalue weighted by Gasteiger charge is -2.17. The summed E-state index contributed by atoms with van der Waals surface area (Å²) < 4.78 is 81.6. The van der Waals surface area contributed by atoms with Gasteiger partial charge in [-0.3, -0.25) is 4.68 Å². The molecule has 3 atom stereocenters. The summed E-state index contributed by atoms with van der Waals surface area (Å²) in [6.45, 7) is -0.241. The molecule has 3 aromatic rings. The van der Waals surface area contributed by atoms with E-state index in [9.17, 15) is 26.7 Å². The molecule has 0 unspecified atom stereocenters. The van der Waals surface area contributed by atoms with Crippen LogP contribution >= 0.6 is 0 Å². The molecule has 0 bridgehead atoms. The monoisotopic (exact) mass is 452 g/mol. The molecule has 0 fully saturated rings. The molecular formula is C22H17F5N2O3. The van der Waals surface area contributed by atoms with Crippen molar-refractivity contribution in [3.63, 3.8) is 0 Å². The van der Waals surface area contributed by atoms with Gasteiger partial charge in [-0.05, 0) is 29.8 Å². The lowest BCUT2D eigenvalue weighted by atomic mass is 10.1. The Morgan fingerprint density at radius 1 is 1.06 bits per heavy atom. The van der Waals surface area contributed by atoms with Crippen LogP contribution in [0.1, 0.15) is 45.1 Å². The van der Waals surface area contributed by atoms with Gasteiger partial charge in [0.25, 0.3) is 0 Å². The van der Waals surface area contributed by atoms with Crippen LogP contribution in [-0.2, 0) is 17.5 Å². The van der Waals surface area contributed by atoms with Gasteiger partial charge in [-0.1, -0.05) is 30.3 Å². The van der Waals surface area contributed by atoms with Gasteiger partial charge < -0.3 is 9.47 Å². The van der Waals surface area contributed by atoms with E-state index in [-0.39, 0.29) is 12.1 Å². The largest absolute Gasteiger partial charge is 0.497 e. The number of rotatable bonds is 5. The second-order valence-electron chi connectivity index (χ2n) is 7.19. The minimum Gasteiger partial charge on any atom is -0.497 e. The Balaban J connectivity index is 1.73. The van der Waals surface area contributed by atoms with Crippen LogP contribution in [0.3, 0.4) is 0 Å². The average Bonchev–Trinajstić information content (AvgIpc) is 3.26. The summed E-state index contributed by atoms with van der Waals surface area (Å²) in [4.78, 5) is 12.4. The smallest absolute Gasteiger partial charge is 0.435 e. The molecule has 1 aliphatic carbocycles. The zero-order chi connectivity index (χ0) is 23.0. The van der Waals surface area contributed by atoms with E-state index >= 15 is 0 Å². The van der Waals surface area contributed by atoms with E-state index in [0.29, 0.717) is 11.3 Å². The van der Waals surface area contributed by atoms with Crippen LogP contribution in [0.25, 0.3) is 0 Å². The number of carbonyl (C=O) groups is 1. The summed E-state index contributed by atoms with van der Waals surface area (Å²) in [7, 11) is 1.46. The zero-order valence-corrected chi connectivity index (χ0v) is 16.6. The molecule has 5 nitrogen and oxygen atoms in total. The predicted molar refractivity (Wildman–Crippen MR) is 103 cm³/mol. The lowest BCUT2D eigenvalue weighted by molar-refractivity contribution is -0.143. The number of benzene rings is 2. The quantitative estimate of drug-likeness (QED) is 0.394. The van der Waals surface area contributed by atoms with Crippen molar-refractivity contribution in [2.45, 2.75) is 31.2 Å². The van der Waals surface area contributed by atoms with Crippen LogP contribution in [0, 0.1) is 0 Å². The van der Waals surface area contributed by atoms with Gasteiger partial charge in [-0.2, -0.15) is 18.3 Å². The van der Waals surface area contributed by atoms with Gasteiger partial charge in [-0.15, -0.1) is 0 Å². The molecule has 1 aromatic heterocycles. The van der Waals surface area contributed by atoms with Crippen molar-refractivity contribution >= 4 is 5.97 Å². The van der Waals surface area contributed by atoms with E-state index in [2.05, 4.69) is 5.10 Å². The third kappa shape index (κ3) is 3.92. The maximum absolute atomic E-state index is 14.9. The van der Waals surface area contributed by atoms with Crippen molar-refractivity contribution < 1.29 is 36.2 Å². The van der Waals surface area contributed by atoms with Crippen molar-refractivity contribution in [1.29, 1.82) is 0 Å². The highest BCUT2D eigenvalue weighted by molar-refractivity contribution is 5.89. The molecule has 1 aliphatic rings. The van der Waals surface area contributed by atoms with Crippen LogP contribution < -0.4 is 4.74 Å². The maximum atomic E-state index is 14.9. The van der Waals surface area contributed by atoms with Crippen LogP contribution in [0.4, 0.5) is 22.0 Å². The van der Waals surface area contributed by atoms with Gasteiger partial charge in [0.1, 0.15) is 5.75 Å². The Kier molecular flexibility index (Phi) is 5.62. The number of hydrogen-bond donors (Lipinski definition) is 0. The van der Waals surface area contributed by atoms with E-state index in [1.165, 1.54) is 31.4 Å². The molecule has 0 saturated carbocycles. The van der Waals surface area contributed by atoms with Crippen LogP contribution in [-0.4, -0.2) is 29.0 Å². The van der Waals surface area contributed by atoms with Crippen molar-refractivity contribution in [2.24, 2.45) is 0 Å². The molecule has 0 aliphatic heterocycles. The number of alkyl halides is 5. The normalized spacial score (nSPS) is 20.1. The minimum absolute atomic E-state index is 0.00254. The first kappa shape index (κ1) is 21.8. The Labute approximate surface area is 179 Å². The Hall–Kier alpha value is -3.43. The van der Waals surface area contributed by atoms with Gasteiger partial charge in [0, 0.05) is 0 Å². The number of carbonyl (C=O) groups excluding carboxylic acids is 1. The molecule has 0 spiro atoms. The fourth-order valence-corrected chi connectivity index (χ4v) is 3.64. The van der Waals surface area contributed by atoms with Crippen molar-refractivity contribution in [1.82, 2.24) is 9.78 Å². The summed E-state index contributed by atoms with van der Waals surface area (Å²) in [5, 5.41) is 3.52. The summed E-state index contributed by atoms with van der Waals surface area (Å²) in [6, 6.07) is 13.7. The predicted octanol–water partition coefficient (Wildman–Crippen LogP) is 5.22. The molecular weight excluding hydrogens is 435 g/mol. The molecule has 4 rings (SSSR count). The van der Waals surface area contributed by atoms with Crippen LogP contribution in [0.15, 0.2) is 54.6 Å². The standard InChI is InChI=1S/C22H17F5N2O3/c1-31-14-9-7-12(8-10-14)11-29-18-15(20(28-29)22(25,26)27)19(17(24)16(18)23)32-21(30)13-5-3-2-4-6-13/h2-10,16-17,19H,11H2,1H3/t16-,17-,19+/m1/s1. The fraction of sp³-hybridized carbons (Fsp3) is 0.273. The van der Waals surface area contributed by atoms with Gasteiger partial charge in [0.05, 0.1) is 30.5 Å². The van der Waals surface area contributed by atoms with Gasteiger partial charge in [0.2, 0.25) is 0 Å². The second kappa shape index (κ2) is 8.25. The van der Waals surface area contributed by atoms with E-state index in [4.69, 9.17) is 9.47 Å². The molecule has 32 heavy (non-hydrogen) atoms. The van der Waals surface area contributed by atoms with Gasteiger partial charge in [0.15, 0.2) is 24.1 Å². The molecule has 0 N–H and O–H groups in total. The van der Waals surface area contributed by atoms with E-state index < -0.39 is 47.5 Å². The first-order chi connectivity index (χ1) is 15.2. The Morgan fingerprint density at radius 2 is 1.72 bits per heavy atom. The maximum Gasteiger partial charge on any atom is 0.435 e. The van der Waals surface area contributed by atoms with Crippen LogP contribution in [0.2, 0.25) is 0 Å². The number of esters is 1. The van der Waals surface area contributed by atoms with Gasteiger partial charge >= 0.3 is 12.1 Å². The SMILES string of the molecule is COc1ccc(Cn2nc(C(F)(F)F)c3c2[C@H](F)[C@@H](F)[C@H]3OC(=O)c2ccccc2)cc1. The van der Waals surface area contributed by atoms with Gasteiger partial charge in [-0.25, -0.2) is 13.6 Å². The highest BCUT2D eigenvalue weighted by Gasteiger charge is 2.54. The summed E-state index contributed by atoms with van der Waals surface area (Å²) in [6.07, 6.45) is -12.0. The number of methoxy groups -OCH3 is 1. The van der Waals surface area contributed by atoms with E-state index in [1.807, 2.05) is 0 Å².